The van der Waals surface area contributed by atoms with E-state index in [4.69, 9.17) is 11.6 Å². The number of anilines is 1. The third kappa shape index (κ3) is 4.92. The van der Waals surface area contributed by atoms with E-state index in [0.717, 1.165) is 5.69 Å². The van der Waals surface area contributed by atoms with Crippen molar-refractivity contribution in [1.29, 1.82) is 0 Å². The van der Waals surface area contributed by atoms with E-state index in [9.17, 15) is 0 Å². The quantitative estimate of drug-likeness (QED) is 0.612. The molecule has 0 atom stereocenters. The molecule has 0 aliphatic heterocycles. The summed E-state index contributed by atoms with van der Waals surface area (Å²) in [6.07, 6.45) is 0. The lowest BCUT2D eigenvalue weighted by molar-refractivity contribution is 0.584. The molecule has 17 heavy (non-hydrogen) atoms. The molecule has 1 N–H and O–H groups in total. The van der Waals surface area contributed by atoms with Crippen LogP contribution in [0.15, 0.2) is 40.3 Å². The number of benzene rings is 1. The molecule has 1 rings (SSSR count). The second kappa shape index (κ2) is 5.69. The highest BCUT2D eigenvalue weighted by Crippen LogP contribution is 2.23. The largest absolute Gasteiger partial charge is 0.338 e. The first-order valence-electron chi connectivity index (χ1n) is 5.26. The highest BCUT2D eigenvalue weighted by atomic mass is 79.9. The van der Waals surface area contributed by atoms with Crippen LogP contribution in [0.1, 0.15) is 20.8 Å². The molecule has 0 aliphatic carbocycles. The summed E-state index contributed by atoms with van der Waals surface area (Å²) in [7, 11) is 0. The molecule has 0 radical (unpaired) electrons. The van der Waals surface area contributed by atoms with Crippen LogP contribution in [-0.2, 0) is 0 Å². The van der Waals surface area contributed by atoms with E-state index in [1.165, 1.54) is 0 Å². The summed E-state index contributed by atoms with van der Waals surface area (Å²) < 4.78 is 0.701. The Kier molecular flexibility index (Phi) is 4.78. The van der Waals surface area contributed by atoms with E-state index in [0.29, 0.717) is 15.3 Å². The molecule has 0 saturated heterocycles. The Morgan fingerprint density at radius 2 is 1.94 bits per heavy atom. The number of nitrogens with one attached hydrogen (secondary N) is 1. The van der Waals surface area contributed by atoms with Gasteiger partial charge in [0.2, 0.25) is 0 Å². The molecule has 4 heteroatoms. The number of hydrogen-bond acceptors (Lipinski definition) is 1. The highest BCUT2D eigenvalue weighted by Gasteiger charge is 2.12. The van der Waals surface area contributed by atoms with Gasteiger partial charge in [0, 0.05) is 0 Å². The summed E-state index contributed by atoms with van der Waals surface area (Å²) in [4.78, 5) is 4.55. The highest BCUT2D eigenvalue weighted by molar-refractivity contribution is 9.12. The van der Waals surface area contributed by atoms with E-state index in [1.807, 2.05) is 45.0 Å². The molecule has 92 valence electrons. The molecule has 0 saturated carbocycles. The van der Waals surface area contributed by atoms with Crippen molar-refractivity contribution in [2.45, 2.75) is 26.3 Å². The number of amidine groups is 1. The van der Waals surface area contributed by atoms with Gasteiger partial charge >= 0.3 is 0 Å². The third-order valence-electron chi connectivity index (χ3n) is 1.83. The maximum Gasteiger partial charge on any atom is 0.139 e. The second-order valence-electron chi connectivity index (χ2n) is 4.64. The van der Waals surface area contributed by atoms with Crippen molar-refractivity contribution in [2.24, 2.45) is 4.99 Å². The molecule has 1 aromatic rings. The molecule has 2 nitrogen and oxygen atoms in total. The van der Waals surface area contributed by atoms with Gasteiger partial charge in [0.25, 0.3) is 0 Å². The topological polar surface area (TPSA) is 24.4 Å². The predicted octanol–water partition coefficient (Wildman–Crippen LogP) is 4.86. The predicted molar refractivity (Wildman–Crippen MR) is 80.3 cm³/mol. The van der Waals surface area contributed by atoms with E-state index in [2.05, 4.69) is 32.8 Å². The maximum absolute atomic E-state index is 6.08. The van der Waals surface area contributed by atoms with Gasteiger partial charge in [-0.3, -0.25) is 4.99 Å². The number of rotatable bonds is 2. The SMILES string of the molecule is C=C(Br)C(=NC(C)(C)C)Nc1ccccc1Cl. The minimum absolute atomic E-state index is 0.180. The first kappa shape index (κ1) is 14.3. The van der Waals surface area contributed by atoms with E-state index >= 15 is 0 Å². The van der Waals surface area contributed by atoms with E-state index in [1.54, 1.807) is 0 Å². The van der Waals surface area contributed by atoms with Crippen LogP contribution in [0.25, 0.3) is 0 Å². The van der Waals surface area contributed by atoms with Crippen molar-refractivity contribution >= 4 is 39.1 Å². The fraction of sp³-hybridized carbons (Fsp3) is 0.308. The maximum atomic E-state index is 6.08. The normalized spacial score (nSPS) is 12.4. The Morgan fingerprint density at radius 1 is 1.35 bits per heavy atom. The molecule has 0 aromatic heterocycles. The monoisotopic (exact) mass is 314 g/mol. The van der Waals surface area contributed by atoms with Gasteiger partial charge in [0.05, 0.1) is 20.7 Å². The summed E-state index contributed by atoms with van der Waals surface area (Å²) >= 11 is 9.43. The fourth-order valence-corrected chi connectivity index (χ4v) is 1.55. The molecule has 0 bridgehead atoms. The number of halogens is 2. The van der Waals surface area contributed by atoms with Crippen LogP contribution in [0, 0.1) is 0 Å². The number of nitrogens with zero attached hydrogens (tertiary/aromatic N) is 1. The minimum atomic E-state index is -0.180. The average molecular weight is 316 g/mol. The van der Waals surface area contributed by atoms with Crippen LogP contribution in [0.2, 0.25) is 5.02 Å². The Labute approximate surface area is 116 Å². The van der Waals surface area contributed by atoms with Crippen molar-refractivity contribution in [2.75, 3.05) is 5.32 Å². The molecule has 0 unspecified atom stereocenters. The van der Waals surface area contributed by atoms with Gasteiger partial charge in [-0.2, -0.15) is 0 Å². The zero-order valence-electron chi connectivity index (χ0n) is 10.2. The van der Waals surface area contributed by atoms with Crippen LogP contribution in [0.5, 0.6) is 0 Å². The van der Waals surface area contributed by atoms with Crippen LogP contribution in [0.4, 0.5) is 5.69 Å². The molecular formula is C13H16BrClN2. The van der Waals surface area contributed by atoms with Gasteiger partial charge in [-0.15, -0.1) is 0 Å². The van der Waals surface area contributed by atoms with Gasteiger partial charge in [-0.25, -0.2) is 0 Å². The van der Waals surface area contributed by atoms with Gasteiger partial charge in [0.15, 0.2) is 0 Å². The zero-order chi connectivity index (χ0) is 13.1. The van der Waals surface area contributed by atoms with Crippen LogP contribution < -0.4 is 5.32 Å². The van der Waals surface area contributed by atoms with E-state index < -0.39 is 0 Å². The number of para-hydroxylation sites is 1. The molecule has 0 spiro atoms. The Bertz CT molecular complexity index is 447. The van der Waals surface area contributed by atoms with Crippen molar-refractivity contribution in [1.82, 2.24) is 0 Å². The van der Waals surface area contributed by atoms with Crippen LogP contribution in [0.3, 0.4) is 0 Å². The molecular weight excluding hydrogens is 300 g/mol. The molecule has 1 aromatic carbocycles. The van der Waals surface area contributed by atoms with E-state index in [-0.39, 0.29) is 5.54 Å². The third-order valence-corrected chi connectivity index (χ3v) is 2.54. The van der Waals surface area contributed by atoms with Gasteiger partial charge in [0.1, 0.15) is 5.84 Å². The summed E-state index contributed by atoms with van der Waals surface area (Å²) in [5.74, 6) is 0.686. The standard InChI is InChI=1S/C13H16BrClN2/c1-9(14)12(17-13(2,3)4)16-11-8-6-5-7-10(11)15/h5-8H,1H2,2-4H3,(H,16,17). The average Bonchev–Trinajstić information content (AvgIpc) is 2.18. The summed E-state index contributed by atoms with van der Waals surface area (Å²) in [5.41, 5.74) is 0.637. The lowest BCUT2D eigenvalue weighted by atomic mass is 10.1. The van der Waals surface area contributed by atoms with Gasteiger partial charge in [-0.05, 0) is 48.8 Å². The summed E-state index contributed by atoms with van der Waals surface area (Å²) in [5, 5.41) is 3.83. The van der Waals surface area contributed by atoms with Crippen molar-refractivity contribution in [3.63, 3.8) is 0 Å². The van der Waals surface area contributed by atoms with Crippen LogP contribution >= 0.6 is 27.5 Å². The van der Waals surface area contributed by atoms with Crippen LogP contribution in [-0.4, -0.2) is 11.4 Å². The molecule has 0 amide bonds. The molecule has 0 aliphatic rings. The minimum Gasteiger partial charge on any atom is -0.338 e. The molecule has 0 fully saturated rings. The first-order valence-corrected chi connectivity index (χ1v) is 6.43. The Hall–Kier alpha value is -0.800. The summed E-state index contributed by atoms with van der Waals surface area (Å²) in [6, 6.07) is 7.53. The molecule has 0 heterocycles. The number of aliphatic imine (C=N–C) groups is 1. The first-order chi connectivity index (χ1) is 7.79. The van der Waals surface area contributed by atoms with Crippen molar-refractivity contribution in [3.05, 3.63) is 40.3 Å². The lowest BCUT2D eigenvalue weighted by Crippen LogP contribution is -2.20. The number of hydrogen-bond donors (Lipinski definition) is 1. The fourth-order valence-electron chi connectivity index (χ4n) is 1.18. The van der Waals surface area contributed by atoms with Crippen molar-refractivity contribution in [3.8, 4) is 0 Å². The van der Waals surface area contributed by atoms with Crippen molar-refractivity contribution < 1.29 is 0 Å². The Balaban J connectivity index is 3.01. The second-order valence-corrected chi connectivity index (χ2v) is 6.01. The zero-order valence-corrected chi connectivity index (χ0v) is 12.6. The Morgan fingerprint density at radius 3 is 2.41 bits per heavy atom. The smallest absolute Gasteiger partial charge is 0.139 e. The van der Waals surface area contributed by atoms with Gasteiger partial charge < -0.3 is 5.32 Å². The summed E-state index contributed by atoms with van der Waals surface area (Å²) in [6.45, 7) is 9.92. The van der Waals surface area contributed by atoms with Gasteiger partial charge in [-0.1, -0.05) is 30.3 Å². The lowest BCUT2D eigenvalue weighted by Gasteiger charge is -2.17.